The van der Waals surface area contributed by atoms with E-state index in [4.69, 9.17) is 5.73 Å². The molecule has 0 radical (unpaired) electrons. The summed E-state index contributed by atoms with van der Waals surface area (Å²) in [6.07, 6.45) is -3.30. The minimum absolute atomic E-state index is 0.0459. The van der Waals surface area contributed by atoms with Crippen molar-refractivity contribution >= 4 is 11.7 Å². The Morgan fingerprint density at radius 1 is 1.50 bits per heavy atom. The summed E-state index contributed by atoms with van der Waals surface area (Å²) in [6, 6.07) is 3.25. The fourth-order valence-electron chi connectivity index (χ4n) is 1.23. The van der Waals surface area contributed by atoms with Gasteiger partial charge in [-0.25, -0.2) is 9.18 Å². The Balaban J connectivity index is 2.96. The highest BCUT2D eigenvalue weighted by Gasteiger charge is 2.27. The zero-order valence-corrected chi connectivity index (χ0v) is 8.55. The van der Waals surface area contributed by atoms with E-state index in [1.807, 2.05) is 0 Å². The summed E-state index contributed by atoms with van der Waals surface area (Å²) in [4.78, 5) is 11.0. The van der Waals surface area contributed by atoms with Crippen LogP contribution >= 0.6 is 0 Å². The van der Waals surface area contributed by atoms with Crippen LogP contribution in [0.1, 0.15) is 11.7 Å². The Morgan fingerprint density at radius 2 is 2.12 bits per heavy atom. The van der Waals surface area contributed by atoms with Crippen LogP contribution in [0.3, 0.4) is 0 Å². The molecule has 2 unspecified atom stereocenters. The summed E-state index contributed by atoms with van der Waals surface area (Å²) in [5.74, 6) is -1.56. The lowest BCUT2D eigenvalue weighted by Crippen LogP contribution is -2.29. The number of rotatable bonds is 3. The van der Waals surface area contributed by atoms with Gasteiger partial charge in [-0.2, -0.15) is 0 Å². The Kier molecular flexibility index (Phi) is 3.81. The Hall–Kier alpha value is -1.66. The first-order valence-electron chi connectivity index (χ1n) is 4.46. The van der Waals surface area contributed by atoms with Crippen molar-refractivity contribution in [3.63, 3.8) is 0 Å². The third-order valence-electron chi connectivity index (χ3n) is 2.11. The Labute approximate surface area is 91.3 Å². The van der Waals surface area contributed by atoms with E-state index in [-0.39, 0.29) is 11.3 Å². The van der Waals surface area contributed by atoms with Gasteiger partial charge >= 0.3 is 5.97 Å². The van der Waals surface area contributed by atoms with Crippen molar-refractivity contribution in [1.82, 2.24) is 0 Å². The van der Waals surface area contributed by atoms with Crippen LogP contribution in [0.5, 0.6) is 0 Å². The predicted molar refractivity (Wildman–Crippen MR) is 53.8 cm³/mol. The summed E-state index contributed by atoms with van der Waals surface area (Å²) >= 11 is 0. The van der Waals surface area contributed by atoms with E-state index in [0.717, 1.165) is 19.2 Å². The van der Waals surface area contributed by atoms with Crippen LogP contribution in [0.4, 0.5) is 10.1 Å². The SMILES string of the molecule is COC(=O)C(O)C(O)c1ccc(F)cc1N. The van der Waals surface area contributed by atoms with Crippen LogP contribution in [0.15, 0.2) is 18.2 Å². The number of aliphatic hydroxyl groups excluding tert-OH is 2. The second-order valence-electron chi connectivity index (χ2n) is 3.19. The van der Waals surface area contributed by atoms with Gasteiger partial charge in [0.25, 0.3) is 0 Å². The zero-order chi connectivity index (χ0) is 12.3. The van der Waals surface area contributed by atoms with Gasteiger partial charge in [0.15, 0.2) is 6.10 Å². The number of anilines is 1. The average Bonchev–Trinajstić information content (AvgIpc) is 2.26. The maximum absolute atomic E-state index is 12.7. The molecule has 1 rings (SSSR count). The van der Waals surface area contributed by atoms with Crippen molar-refractivity contribution in [3.05, 3.63) is 29.6 Å². The van der Waals surface area contributed by atoms with E-state index in [0.29, 0.717) is 0 Å². The summed E-state index contributed by atoms with van der Waals surface area (Å²) in [7, 11) is 1.08. The molecule has 0 fully saturated rings. The molecule has 0 heterocycles. The maximum Gasteiger partial charge on any atom is 0.337 e. The second-order valence-corrected chi connectivity index (χ2v) is 3.19. The van der Waals surface area contributed by atoms with Crippen molar-refractivity contribution in [2.75, 3.05) is 12.8 Å². The molecular weight excluding hydrogens is 217 g/mol. The smallest absolute Gasteiger partial charge is 0.337 e. The number of aliphatic hydroxyl groups is 2. The Bertz CT molecular complexity index is 396. The number of carbonyl (C=O) groups is 1. The van der Waals surface area contributed by atoms with Crippen molar-refractivity contribution in [1.29, 1.82) is 0 Å². The van der Waals surface area contributed by atoms with Gasteiger partial charge in [0.1, 0.15) is 11.9 Å². The van der Waals surface area contributed by atoms with Gasteiger partial charge in [-0.05, 0) is 12.1 Å². The number of hydrogen-bond donors (Lipinski definition) is 3. The number of hydrogen-bond acceptors (Lipinski definition) is 5. The first-order chi connectivity index (χ1) is 7.47. The van der Waals surface area contributed by atoms with Gasteiger partial charge in [0, 0.05) is 11.3 Å². The van der Waals surface area contributed by atoms with E-state index in [2.05, 4.69) is 4.74 Å². The van der Waals surface area contributed by atoms with Crippen molar-refractivity contribution in [2.24, 2.45) is 0 Å². The van der Waals surface area contributed by atoms with E-state index < -0.39 is 24.0 Å². The van der Waals surface area contributed by atoms with E-state index in [1.54, 1.807) is 0 Å². The topological polar surface area (TPSA) is 92.8 Å². The van der Waals surface area contributed by atoms with Gasteiger partial charge in [0.2, 0.25) is 0 Å². The standard InChI is InChI=1S/C10H12FNO4/c1-16-10(15)9(14)8(13)6-3-2-5(11)4-7(6)12/h2-4,8-9,13-14H,12H2,1H3. The van der Waals surface area contributed by atoms with Crippen molar-refractivity contribution in [2.45, 2.75) is 12.2 Å². The minimum Gasteiger partial charge on any atom is -0.467 e. The minimum atomic E-state index is -1.75. The molecule has 1 aromatic carbocycles. The maximum atomic E-state index is 12.7. The molecule has 0 saturated carbocycles. The third kappa shape index (κ3) is 2.47. The fraction of sp³-hybridized carbons (Fsp3) is 0.300. The summed E-state index contributed by atoms with van der Waals surface area (Å²) in [5, 5.41) is 19.0. The number of benzene rings is 1. The summed E-state index contributed by atoms with van der Waals surface area (Å²) < 4.78 is 17.0. The monoisotopic (exact) mass is 229 g/mol. The number of halogens is 1. The lowest BCUT2D eigenvalue weighted by Gasteiger charge is -2.17. The van der Waals surface area contributed by atoms with Crippen LogP contribution in [0, 0.1) is 5.82 Å². The highest BCUT2D eigenvalue weighted by atomic mass is 19.1. The van der Waals surface area contributed by atoms with Gasteiger partial charge < -0.3 is 20.7 Å². The third-order valence-corrected chi connectivity index (χ3v) is 2.11. The molecule has 0 aliphatic rings. The van der Waals surface area contributed by atoms with Crippen molar-refractivity contribution in [3.8, 4) is 0 Å². The lowest BCUT2D eigenvalue weighted by atomic mass is 10.0. The van der Waals surface area contributed by atoms with Crippen LogP contribution in [-0.2, 0) is 9.53 Å². The summed E-state index contributed by atoms with van der Waals surface area (Å²) in [5.41, 5.74) is 5.46. The number of nitrogens with two attached hydrogens (primary N) is 1. The predicted octanol–water partition coefficient (Wildman–Crippen LogP) is -0.0248. The number of nitrogen functional groups attached to an aromatic ring is 1. The van der Waals surface area contributed by atoms with Gasteiger partial charge in [-0.3, -0.25) is 0 Å². The second kappa shape index (κ2) is 4.91. The highest BCUT2D eigenvalue weighted by molar-refractivity contribution is 5.75. The molecule has 16 heavy (non-hydrogen) atoms. The molecule has 0 amide bonds. The summed E-state index contributed by atoms with van der Waals surface area (Å²) in [6.45, 7) is 0. The van der Waals surface area contributed by atoms with Gasteiger partial charge in [0.05, 0.1) is 7.11 Å². The van der Waals surface area contributed by atoms with Crippen LogP contribution in [0.2, 0.25) is 0 Å². The number of ether oxygens (including phenoxy) is 1. The van der Waals surface area contributed by atoms with Crippen LogP contribution in [-0.4, -0.2) is 29.4 Å². The first-order valence-corrected chi connectivity index (χ1v) is 4.46. The molecule has 0 bridgehead atoms. The first kappa shape index (κ1) is 12.4. The molecule has 5 nitrogen and oxygen atoms in total. The van der Waals surface area contributed by atoms with Crippen LogP contribution < -0.4 is 5.73 Å². The average molecular weight is 229 g/mol. The lowest BCUT2D eigenvalue weighted by molar-refractivity contribution is -0.156. The molecule has 2 atom stereocenters. The van der Waals surface area contributed by atoms with Gasteiger partial charge in [-0.15, -0.1) is 0 Å². The molecule has 6 heteroatoms. The molecule has 0 aromatic heterocycles. The van der Waals surface area contributed by atoms with Crippen molar-refractivity contribution < 1.29 is 24.1 Å². The van der Waals surface area contributed by atoms with E-state index in [9.17, 15) is 19.4 Å². The largest absolute Gasteiger partial charge is 0.467 e. The van der Waals surface area contributed by atoms with Crippen LogP contribution in [0.25, 0.3) is 0 Å². The Morgan fingerprint density at radius 3 is 2.62 bits per heavy atom. The highest BCUT2D eigenvalue weighted by Crippen LogP contribution is 2.24. The van der Waals surface area contributed by atoms with E-state index in [1.165, 1.54) is 6.07 Å². The molecule has 0 saturated heterocycles. The van der Waals surface area contributed by atoms with Gasteiger partial charge in [-0.1, -0.05) is 6.07 Å². The molecule has 4 N–H and O–H groups in total. The molecule has 0 aliphatic carbocycles. The number of esters is 1. The van der Waals surface area contributed by atoms with E-state index >= 15 is 0 Å². The fourth-order valence-corrected chi connectivity index (χ4v) is 1.23. The number of methoxy groups -OCH3 is 1. The normalized spacial score (nSPS) is 14.2. The zero-order valence-electron chi connectivity index (χ0n) is 8.55. The molecule has 0 spiro atoms. The molecule has 1 aromatic rings. The molecule has 0 aliphatic heterocycles. The number of carbonyl (C=O) groups excluding carboxylic acids is 1. The molecular formula is C10H12FNO4. The molecule has 88 valence electrons. The quantitative estimate of drug-likeness (QED) is 0.500.